The average molecular weight is 146 g/mol. The summed E-state index contributed by atoms with van der Waals surface area (Å²) in [6.45, 7) is 0. The Labute approximate surface area is 60.8 Å². The van der Waals surface area contributed by atoms with Crippen LogP contribution >= 0.6 is 9.90 Å². The third-order valence-electron chi connectivity index (χ3n) is 0. The van der Waals surface area contributed by atoms with Crippen LogP contribution in [0.4, 0.5) is 0 Å². The fraction of sp³-hybridized carbons (Fsp3) is 0. The van der Waals surface area contributed by atoms with Gasteiger partial charge in [0.1, 0.15) is 0 Å². The second-order valence-corrected chi connectivity index (χ2v) is 0. The first-order valence-corrected chi connectivity index (χ1v) is 0. The zero-order chi connectivity index (χ0) is 0. The van der Waals surface area contributed by atoms with Gasteiger partial charge in [0.05, 0.1) is 0 Å². The van der Waals surface area contributed by atoms with Crippen LogP contribution in [-0.2, 0) is 0 Å². The quantitative estimate of drug-likeness (QED) is 0.261. The Hall–Kier alpha value is 0.996. The number of rotatable bonds is 0. The SMILES string of the molecule is O.O.O.P.[Mg+2].[OH-].[OH-]. The number of hydrogen-bond acceptors (Lipinski definition) is 2. The minimum Gasteiger partial charge on any atom is -0.870 e. The van der Waals surface area contributed by atoms with Crippen molar-refractivity contribution < 1.29 is 27.4 Å². The summed E-state index contributed by atoms with van der Waals surface area (Å²) in [7, 11) is 0. The van der Waals surface area contributed by atoms with E-state index >= 15 is 0 Å². The number of hydrogen-bond donors (Lipinski definition) is 0. The average Bonchev–Trinajstić information content (AvgIpc) is 0. The van der Waals surface area contributed by atoms with Gasteiger partial charge in [-0.2, -0.15) is 9.90 Å². The van der Waals surface area contributed by atoms with E-state index in [-0.39, 0.29) is 60.3 Å². The first-order chi connectivity index (χ1) is 0. The van der Waals surface area contributed by atoms with E-state index in [1.54, 1.807) is 0 Å². The Balaban J connectivity index is 0. The normalized spacial score (nSPS) is 0. The molecule has 5 nitrogen and oxygen atoms in total. The fourth-order valence-electron chi connectivity index (χ4n) is 0. The van der Waals surface area contributed by atoms with Crippen LogP contribution in [-0.4, -0.2) is 50.4 Å². The van der Waals surface area contributed by atoms with Crippen molar-refractivity contribution in [1.82, 2.24) is 0 Å². The second-order valence-electron chi connectivity index (χ2n) is 0. The molecule has 0 saturated heterocycles. The molecular formula is H11MgO5P. The van der Waals surface area contributed by atoms with E-state index in [2.05, 4.69) is 0 Å². The Morgan fingerprint density at radius 3 is 0.571 bits per heavy atom. The van der Waals surface area contributed by atoms with Crippen molar-refractivity contribution in [3.05, 3.63) is 0 Å². The summed E-state index contributed by atoms with van der Waals surface area (Å²) in [4.78, 5) is 0. The first-order valence-electron chi connectivity index (χ1n) is 0. The molecule has 0 amide bonds. The predicted molar refractivity (Wildman–Crippen MR) is 31.6 cm³/mol. The first kappa shape index (κ1) is 394. The molecule has 1 atom stereocenters. The molecule has 0 aliphatic heterocycles. The van der Waals surface area contributed by atoms with Crippen LogP contribution in [0, 0.1) is 0 Å². The summed E-state index contributed by atoms with van der Waals surface area (Å²) in [6, 6.07) is 0. The van der Waals surface area contributed by atoms with Crippen molar-refractivity contribution in [3.8, 4) is 0 Å². The summed E-state index contributed by atoms with van der Waals surface area (Å²) in [6.07, 6.45) is 0. The van der Waals surface area contributed by atoms with Gasteiger partial charge >= 0.3 is 23.1 Å². The maximum atomic E-state index is 0. The molecule has 1 unspecified atom stereocenters. The van der Waals surface area contributed by atoms with E-state index in [4.69, 9.17) is 0 Å². The van der Waals surface area contributed by atoms with Crippen molar-refractivity contribution in [2.75, 3.05) is 0 Å². The molecule has 0 spiro atoms. The summed E-state index contributed by atoms with van der Waals surface area (Å²) in [5, 5.41) is 0. The minimum atomic E-state index is 0. The molecule has 0 bridgehead atoms. The zero-order valence-corrected chi connectivity index (χ0v) is 6.64. The van der Waals surface area contributed by atoms with Crippen LogP contribution in [0.3, 0.4) is 0 Å². The molecule has 0 fully saturated rings. The van der Waals surface area contributed by atoms with Gasteiger partial charge in [-0.1, -0.05) is 0 Å². The topological polar surface area (TPSA) is 154 Å². The van der Waals surface area contributed by atoms with Gasteiger partial charge in [0.25, 0.3) is 0 Å². The van der Waals surface area contributed by atoms with E-state index in [0.29, 0.717) is 0 Å². The molecule has 0 aliphatic rings. The standard InChI is InChI=1S/Mg.5H2O.H3P/h;5*1H2;1H3/q+2;;;;;;/p-2. The molecule has 0 aromatic rings. The van der Waals surface area contributed by atoms with Crippen LogP contribution in [0.5, 0.6) is 0 Å². The van der Waals surface area contributed by atoms with E-state index < -0.39 is 0 Å². The van der Waals surface area contributed by atoms with Crippen LogP contribution in [0.1, 0.15) is 0 Å². The van der Waals surface area contributed by atoms with Crippen molar-refractivity contribution in [2.24, 2.45) is 0 Å². The Kier molecular flexibility index (Phi) is 14300. The maximum absolute atomic E-state index is 0. The van der Waals surface area contributed by atoms with Crippen LogP contribution in [0.15, 0.2) is 0 Å². The summed E-state index contributed by atoms with van der Waals surface area (Å²) in [5.74, 6) is 0. The monoisotopic (exact) mass is 146 g/mol. The molecular weight excluding hydrogens is 135 g/mol. The van der Waals surface area contributed by atoms with Gasteiger partial charge in [-0.05, 0) is 0 Å². The van der Waals surface area contributed by atoms with Crippen molar-refractivity contribution in [3.63, 3.8) is 0 Å². The molecule has 0 radical (unpaired) electrons. The van der Waals surface area contributed by atoms with Crippen molar-refractivity contribution >= 4 is 33.0 Å². The Morgan fingerprint density at radius 1 is 0.571 bits per heavy atom. The van der Waals surface area contributed by atoms with Crippen molar-refractivity contribution in [2.45, 2.75) is 0 Å². The predicted octanol–water partition coefficient (Wildman–Crippen LogP) is -3.15. The molecule has 8 N–H and O–H groups in total. The zero-order valence-electron chi connectivity index (χ0n) is 3.81. The third kappa shape index (κ3) is 176. The van der Waals surface area contributed by atoms with Gasteiger partial charge in [0, 0.05) is 0 Å². The molecule has 7 heavy (non-hydrogen) atoms. The molecule has 0 aliphatic carbocycles. The van der Waals surface area contributed by atoms with E-state index in [9.17, 15) is 0 Å². The Bertz CT molecular complexity index is 8.04. The van der Waals surface area contributed by atoms with E-state index in [0.717, 1.165) is 0 Å². The smallest absolute Gasteiger partial charge is 0.870 e. The largest absolute Gasteiger partial charge is 2.00 e. The minimum absolute atomic E-state index is 0. The summed E-state index contributed by atoms with van der Waals surface area (Å²) in [5.41, 5.74) is 0. The molecule has 0 aromatic heterocycles. The van der Waals surface area contributed by atoms with Crippen LogP contribution in [0.25, 0.3) is 0 Å². The summed E-state index contributed by atoms with van der Waals surface area (Å²) >= 11 is 0. The fourth-order valence-corrected chi connectivity index (χ4v) is 0. The molecule has 0 saturated carbocycles. The Morgan fingerprint density at radius 2 is 0.571 bits per heavy atom. The molecule has 7 heteroatoms. The van der Waals surface area contributed by atoms with Gasteiger partial charge in [-0.15, -0.1) is 0 Å². The van der Waals surface area contributed by atoms with E-state index in [1.807, 2.05) is 0 Å². The van der Waals surface area contributed by atoms with Gasteiger partial charge in [0.2, 0.25) is 0 Å². The third-order valence-corrected chi connectivity index (χ3v) is 0. The van der Waals surface area contributed by atoms with Gasteiger partial charge in [0.15, 0.2) is 0 Å². The second kappa shape index (κ2) is 253. The maximum Gasteiger partial charge on any atom is 2.00 e. The van der Waals surface area contributed by atoms with Gasteiger partial charge in [-0.3, -0.25) is 0 Å². The summed E-state index contributed by atoms with van der Waals surface area (Å²) < 4.78 is 0. The molecule has 0 rings (SSSR count). The van der Waals surface area contributed by atoms with Crippen LogP contribution in [0.2, 0.25) is 0 Å². The van der Waals surface area contributed by atoms with E-state index in [1.165, 1.54) is 0 Å². The van der Waals surface area contributed by atoms with Gasteiger partial charge in [-0.25, -0.2) is 0 Å². The molecule has 0 aromatic carbocycles. The van der Waals surface area contributed by atoms with Crippen molar-refractivity contribution in [1.29, 1.82) is 0 Å². The molecule has 0 heterocycles. The van der Waals surface area contributed by atoms with Gasteiger partial charge < -0.3 is 27.4 Å². The van der Waals surface area contributed by atoms with Crippen LogP contribution < -0.4 is 0 Å². The molecule has 48 valence electrons.